The standard InChI is InChI=1S/C9H10N2O3/c1-10-5-6-3-4-7(9(13)14-2)11-8(6)12/h3-5H,1-2H3,(H,11,12). The molecule has 1 aromatic rings. The zero-order chi connectivity index (χ0) is 10.6. The summed E-state index contributed by atoms with van der Waals surface area (Å²) in [5.74, 6) is -0.568. The first-order valence-electron chi connectivity index (χ1n) is 3.93. The molecule has 5 nitrogen and oxygen atoms in total. The predicted molar refractivity (Wildman–Crippen MR) is 51.9 cm³/mol. The maximum absolute atomic E-state index is 11.3. The molecule has 0 spiro atoms. The normalized spacial score (nSPS) is 10.4. The first-order chi connectivity index (χ1) is 6.69. The summed E-state index contributed by atoms with van der Waals surface area (Å²) >= 11 is 0. The first-order valence-corrected chi connectivity index (χ1v) is 3.93. The SMILES string of the molecule is CN=Cc1ccc(C(=O)OC)[nH]c1=O. The third kappa shape index (κ3) is 2.07. The van der Waals surface area contributed by atoms with Crippen molar-refractivity contribution in [3.8, 4) is 0 Å². The molecule has 0 radical (unpaired) electrons. The van der Waals surface area contributed by atoms with E-state index >= 15 is 0 Å². The van der Waals surface area contributed by atoms with Gasteiger partial charge in [-0.15, -0.1) is 0 Å². The van der Waals surface area contributed by atoms with Crippen LogP contribution >= 0.6 is 0 Å². The number of aliphatic imine (C=N–C) groups is 1. The number of hydrogen-bond acceptors (Lipinski definition) is 4. The largest absolute Gasteiger partial charge is 0.464 e. The van der Waals surface area contributed by atoms with Gasteiger partial charge in [0.15, 0.2) is 0 Å². The van der Waals surface area contributed by atoms with Crippen LogP contribution in [0.15, 0.2) is 21.9 Å². The molecule has 0 fully saturated rings. The summed E-state index contributed by atoms with van der Waals surface area (Å²) in [4.78, 5) is 28.4. The van der Waals surface area contributed by atoms with Crippen LogP contribution in [0.25, 0.3) is 0 Å². The summed E-state index contributed by atoms with van der Waals surface area (Å²) in [7, 11) is 2.82. The molecule has 0 bridgehead atoms. The first kappa shape index (κ1) is 10.2. The van der Waals surface area contributed by atoms with Gasteiger partial charge in [-0.2, -0.15) is 0 Å². The van der Waals surface area contributed by atoms with Crippen molar-refractivity contribution >= 4 is 12.2 Å². The van der Waals surface area contributed by atoms with E-state index in [1.807, 2.05) is 0 Å². The van der Waals surface area contributed by atoms with Gasteiger partial charge in [0, 0.05) is 13.3 Å². The van der Waals surface area contributed by atoms with Gasteiger partial charge in [-0.05, 0) is 12.1 Å². The zero-order valence-electron chi connectivity index (χ0n) is 7.90. The fraction of sp³-hybridized carbons (Fsp3) is 0.222. The number of esters is 1. The maximum Gasteiger partial charge on any atom is 0.354 e. The van der Waals surface area contributed by atoms with Gasteiger partial charge in [0.1, 0.15) is 5.69 Å². The monoisotopic (exact) mass is 194 g/mol. The Balaban J connectivity index is 3.13. The molecule has 0 aliphatic heterocycles. The number of carbonyl (C=O) groups is 1. The van der Waals surface area contributed by atoms with Gasteiger partial charge < -0.3 is 9.72 Å². The molecule has 0 unspecified atom stereocenters. The molecule has 1 heterocycles. The summed E-state index contributed by atoms with van der Waals surface area (Å²) in [6, 6.07) is 2.99. The van der Waals surface area contributed by atoms with E-state index in [1.165, 1.54) is 25.5 Å². The minimum Gasteiger partial charge on any atom is -0.464 e. The molecular weight excluding hydrogens is 184 g/mol. The number of hydrogen-bond donors (Lipinski definition) is 1. The van der Waals surface area contributed by atoms with Crippen molar-refractivity contribution in [1.82, 2.24) is 4.98 Å². The van der Waals surface area contributed by atoms with E-state index in [9.17, 15) is 9.59 Å². The highest BCUT2D eigenvalue weighted by atomic mass is 16.5. The van der Waals surface area contributed by atoms with Crippen molar-refractivity contribution in [3.63, 3.8) is 0 Å². The predicted octanol–water partition coefficient (Wildman–Crippen LogP) is 0.210. The number of pyridine rings is 1. The number of aromatic amines is 1. The summed E-state index contributed by atoms with van der Waals surface area (Å²) in [5, 5.41) is 0. The second kappa shape index (κ2) is 4.36. The molecule has 14 heavy (non-hydrogen) atoms. The molecule has 0 saturated carbocycles. The highest BCUT2D eigenvalue weighted by Gasteiger charge is 2.06. The van der Waals surface area contributed by atoms with Gasteiger partial charge in [-0.1, -0.05) is 0 Å². The minimum absolute atomic E-state index is 0.130. The lowest BCUT2D eigenvalue weighted by molar-refractivity contribution is 0.0593. The number of carbonyl (C=O) groups excluding carboxylic acids is 1. The van der Waals surface area contributed by atoms with E-state index in [-0.39, 0.29) is 11.3 Å². The average Bonchev–Trinajstić information content (AvgIpc) is 2.20. The van der Waals surface area contributed by atoms with Gasteiger partial charge in [0.25, 0.3) is 5.56 Å². The van der Waals surface area contributed by atoms with Crippen molar-refractivity contribution in [3.05, 3.63) is 33.7 Å². The second-order valence-corrected chi connectivity index (χ2v) is 2.54. The number of H-pyrrole nitrogens is 1. The van der Waals surface area contributed by atoms with Crippen LogP contribution in [0.2, 0.25) is 0 Å². The van der Waals surface area contributed by atoms with E-state index in [1.54, 1.807) is 7.05 Å². The highest BCUT2D eigenvalue weighted by Crippen LogP contribution is 1.95. The van der Waals surface area contributed by atoms with E-state index in [0.717, 1.165) is 0 Å². The van der Waals surface area contributed by atoms with Crippen molar-refractivity contribution in [1.29, 1.82) is 0 Å². The summed E-state index contributed by atoms with van der Waals surface area (Å²) < 4.78 is 4.45. The molecule has 74 valence electrons. The van der Waals surface area contributed by atoms with Crippen LogP contribution in [0, 0.1) is 0 Å². The fourth-order valence-corrected chi connectivity index (χ4v) is 0.955. The van der Waals surface area contributed by atoms with Gasteiger partial charge >= 0.3 is 5.97 Å². The van der Waals surface area contributed by atoms with E-state index in [2.05, 4.69) is 14.7 Å². The Morgan fingerprint density at radius 1 is 1.57 bits per heavy atom. The molecule has 0 atom stereocenters. The molecule has 1 N–H and O–H groups in total. The van der Waals surface area contributed by atoms with Gasteiger partial charge in [-0.3, -0.25) is 9.79 Å². The van der Waals surface area contributed by atoms with Crippen LogP contribution in [0.4, 0.5) is 0 Å². The Morgan fingerprint density at radius 2 is 2.29 bits per heavy atom. The van der Waals surface area contributed by atoms with Crippen LogP contribution in [0.1, 0.15) is 16.1 Å². The quantitative estimate of drug-likeness (QED) is 0.540. The third-order valence-electron chi connectivity index (χ3n) is 1.61. The van der Waals surface area contributed by atoms with Gasteiger partial charge in [0.2, 0.25) is 0 Å². The Labute approximate surface area is 80.4 Å². The summed E-state index contributed by atoms with van der Waals surface area (Å²) in [6.45, 7) is 0. The average molecular weight is 194 g/mol. The lowest BCUT2D eigenvalue weighted by Crippen LogP contribution is -2.17. The van der Waals surface area contributed by atoms with Crippen LogP contribution in [0.5, 0.6) is 0 Å². The summed E-state index contributed by atoms with van der Waals surface area (Å²) in [6.07, 6.45) is 1.42. The van der Waals surface area contributed by atoms with Crippen LogP contribution in [-0.4, -0.2) is 31.3 Å². The zero-order valence-corrected chi connectivity index (χ0v) is 7.90. The topological polar surface area (TPSA) is 71.5 Å². The smallest absolute Gasteiger partial charge is 0.354 e. The Hall–Kier alpha value is -1.91. The van der Waals surface area contributed by atoms with Gasteiger partial charge in [-0.25, -0.2) is 4.79 Å². The molecular formula is C9H10N2O3. The number of methoxy groups -OCH3 is 1. The highest BCUT2D eigenvalue weighted by molar-refractivity contribution is 5.88. The number of nitrogens with one attached hydrogen (secondary N) is 1. The molecule has 0 aliphatic rings. The third-order valence-corrected chi connectivity index (χ3v) is 1.61. The molecule has 0 aliphatic carbocycles. The van der Waals surface area contributed by atoms with E-state index in [0.29, 0.717) is 5.56 Å². The maximum atomic E-state index is 11.3. The number of rotatable bonds is 2. The van der Waals surface area contributed by atoms with E-state index < -0.39 is 5.97 Å². The van der Waals surface area contributed by atoms with Crippen LogP contribution < -0.4 is 5.56 Å². The lowest BCUT2D eigenvalue weighted by Gasteiger charge is -1.98. The molecule has 1 rings (SSSR count). The van der Waals surface area contributed by atoms with Crippen molar-refractivity contribution in [2.75, 3.05) is 14.2 Å². The van der Waals surface area contributed by atoms with Crippen molar-refractivity contribution < 1.29 is 9.53 Å². The number of nitrogens with zero attached hydrogens (tertiary/aromatic N) is 1. The van der Waals surface area contributed by atoms with Crippen LogP contribution in [-0.2, 0) is 4.74 Å². The second-order valence-electron chi connectivity index (χ2n) is 2.54. The Bertz CT molecular complexity index is 420. The fourth-order valence-electron chi connectivity index (χ4n) is 0.955. The van der Waals surface area contributed by atoms with Crippen LogP contribution in [0.3, 0.4) is 0 Å². The summed E-state index contributed by atoms with van der Waals surface area (Å²) in [5.41, 5.74) is 0.171. The van der Waals surface area contributed by atoms with Gasteiger partial charge in [0.05, 0.1) is 12.7 Å². The van der Waals surface area contributed by atoms with Crippen molar-refractivity contribution in [2.45, 2.75) is 0 Å². The molecule has 0 aromatic carbocycles. The van der Waals surface area contributed by atoms with Crippen molar-refractivity contribution in [2.24, 2.45) is 4.99 Å². The molecule has 1 aromatic heterocycles. The Kier molecular flexibility index (Phi) is 3.17. The Morgan fingerprint density at radius 3 is 2.79 bits per heavy atom. The molecule has 0 saturated heterocycles. The molecule has 0 amide bonds. The minimum atomic E-state index is -0.568. The lowest BCUT2D eigenvalue weighted by atomic mass is 10.2. The van der Waals surface area contributed by atoms with E-state index in [4.69, 9.17) is 0 Å². The number of aromatic nitrogens is 1. The molecule has 5 heteroatoms. The number of ether oxygens (including phenoxy) is 1.